The zero-order chi connectivity index (χ0) is 14.2. The first-order valence-corrected chi connectivity index (χ1v) is 7.91. The van der Waals surface area contributed by atoms with E-state index in [9.17, 15) is 5.11 Å². The number of nitrogens with zero attached hydrogens (tertiary/aromatic N) is 2. The van der Waals surface area contributed by atoms with E-state index >= 15 is 0 Å². The molecular formula is C14H15N3O3S. The van der Waals surface area contributed by atoms with E-state index in [0.717, 1.165) is 16.4 Å². The summed E-state index contributed by atoms with van der Waals surface area (Å²) in [6.07, 6.45) is 0.0533. The van der Waals surface area contributed by atoms with Gasteiger partial charge in [0.1, 0.15) is 5.75 Å². The van der Waals surface area contributed by atoms with Crippen LogP contribution in [0.1, 0.15) is 30.3 Å². The fourth-order valence-corrected chi connectivity index (χ4v) is 3.55. The summed E-state index contributed by atoms with van der Waals surface area (Å²) in [5, 5.41) is 16.7. The zero-order valence-electron chi connectivity index (χ0n) is 11.2. The Morgan fingerprint density at radius 3 is 3.10 bits per heavy atom. The van der Waals surface area contributed by atoms with Gasteiger partial charge in [-0.2, -0.15) is 4.98 Å². The van der Waals surface area contributed by atoms with Gasteiger partial charge in [-0.25, -0.2) is 0 Å². The van der Waals surface area contributed by atoms with Crippen LogP contribution >= 0.6 is 11.8 Å². The van der Waals surface area contributed by atoms with Gasteiger partial charge in [0.15, 0.2) is 6.10 Å². The van der Waals surface area contributed by atoms with Crippen molar-refractivity contribution in [2.24, 2.45) is 0 Å². The Kier molecular flexibility index (Phi) is 3.33. The minimum Gasteiger partial charge on any atom is -0.480 e. The maximum Gasteiger partial charge on any atom is 0.244 e. The third-order valence-corrected chi connectivity index (χ3v) is 4.78. The van der Waals surface area contributed by atoms with Gasteiger partial charge in [-0.1, -0.05) is 17.3 Å². The van der Waals surface area contributed by atoms with Gasteiger partial charge in [-0.15, -0.1) is 11.8 Å². The van der Waals surface area contributed by atoms with Crippen molar-refractivity contribution in [1.29, 1.82) is 0 Å². The minimum absolute atomic E-state index is 0.0650. The highest BCUT2D eigenvalue weighted by molar-refractivity contribution is 7.99. The van der Waals surface area contributed by atoms with Gasteiger partial charge in [0, 0.05) is 17.2 Å². The van der Waals surface area contributed by atoms with Crippen LogP contribution in [0.25, 0.3) is 0 Å². The van der Waals surface area contributed by atoms with E-state index in [1.807, 2.05) is 24.3 Å². The highest BCUT2D eigenvalue weighted by atomic mass is 32.2. The summed E-state index contributed by atoms with van der Waals surface area (Å²) in [4.78, 5) is 5.57. The number of benzene rings is 1. The molecule has 3 unspecified atom stereocenters. The van der Waals surface area contributed by atoms with Gasteiger partial charge in [0.2, 0.25) is 11.7 Å². The number of ether oxygens (including phenoxy) is 1. The Labute approximate surface area is 125 Å². The van der Waals surface area contributed by atoms with Crippen molar-refractivity contribution < 1.29 is 14.4 Å². The molecule has 2 aliphatic heterocycles. The topological polar surface area (TPSA) is 80.4 Å². The van der Waals surface area contributed by atoms with Crippen LogP contribution in [0.5, 0.6) is 5.75 Å². The number of aliphatic hydroxyl groups excluding tert-OH is 1. The molecule has 1 saturated heterocycles. The number of thioether (sulfide) groups is 1. The summed E-state index contributed by atoms with van der Waals surface area (Å²) in [6, 6.07) is 7.88. The standard InChI is InChI=1S/C14H15N3O3S/c18-8-5-9(15-6-8)14-16-13(17-20-14)11-7-21-12-4-2-1-3-10(12)19-11/h1-4,8-9,11,15,18H,5-7H2. The summed E-state index contributed by atoms with van der Waals surface area (Å²) >= 11 is 1.73. The van der Waals surface area contributed by atoms with Crippen molar-refractivity contribution in [3.63, 3.8) is 0 Å². The lowest BCUT2D eigenvalue weighted by Gasteiger charge is -2.22. The largest absolute Gasteiger partial charge is 0.480 e. The lowest BCUT2D eigenvalue weighted by Crippen LogP contribution is -2.17. The molecule has 21 heavy (non-hydrogen) atoms. The second-order valence-electron chi connectivity index (χ2n) is 5.21. The third-order valence-electron chi connectivity index (χ3n) is 3.66. The molecule has 1 fully saturated rings. The highest BCUT2D eigenvalue weighted by Gasteiger charge is 2.31. The van der Waals surface area contributed by atoms with Gasteiger partial charge in [0.25, 0.3) is 0 Å². The number of fused-ring (bicyclic) bond motifs is 1. The first-order valence-electron chi connectivity index (χ1n) is 6.93. The number of nitrogens with one attached hydrogen (secondary N) is 1. The maximum atomic E-state index is 9.55. The quantitative estimate of drug-likeness (QED) is 0.874. The van der Waals surface area contributed by atoms with Gasteiger partial charge in [-0.05, 0) is 18.6 Å². The number of rotatable bonds is 2. The summed E-state index contributed by atoms with van der Waals surface area (Å²) in [5.74, 6) is 2.71. The van der Waals surface area contributed by atoms with E-state index in [0.29, 0.717) is 24.7 Å². The predicted octanol–water partition coefficient (Wildman–Crippen LogP) is 1.69. The summed E-state index contributed by atoms with van der Waals surface area (Å²) in [6.45, 7) is 0.561. The Bertz CT molecular complexity index is 648. The number of hydrogen-bond donors (Lipinski definition) is 2. The van der Waals surface area contributed by atoms with Crippen molar-refractivity contribution in [2.75, 3.05) is 12.3 Å². The second-order valence-corrected chi connectivity index (χ2v) is 6.27. The molecule has 7 heteroatoms. The van der Waals surface area contributed by atoms with Crippen LogP contribution < -0.4 is 10.1 Å². The van der Waals surface area contributed by atoms with E-state index in [1.165, 1.54) is 0 Å². The number of hydrogen-bond acceptors (Lipinski definition) is 7. The summed E-state index contributed by atoms with van der Waals surface area (Å²) in [7, 11) is 0. The van der Waals surface area contributed by atoms with Gasteiger partial charge >= 0.3 is 0 Å². The van der Waals surface area contributed by atoms with Crippen molar-refractivity contribution in [2.45, 2.75) is 29.6 Å². The average Bonchev–Trinajstić information content (AvgIpc) is 3.15. The molecular weight excluding hydrogens is 290 g/mol. The Morgan fingerprint density at radius 2 is 2.24 bits per heavy atom. The number of aromatic nitrogens is 2. The molecule has 4 rings (SSSR count). The van der Waals surface area contributed by atoms with E-state index in [-0.39, 0.29) is 18.2 Å². The van der Waals surface area contributed by atoms with Gasteiger partial charge < -0.3 is 19.7 Å². The average molecular weight is 305 g/mol. The molecule has 0 bridgehead atoms. The number of aliphatic hydroxyl groups is 1. The molecule has 0 radical (unpaired) electrons. The lowest BCUT2D eigenvalue weighted by atomic mass is 10.2. The Balaban J connectivity index is 1.52. The van der Waals surface area contributed by atoms with Crippen LogP contribution in [0.4, 0.5) is 0 Å². The SMILES string of the molecule is OC1CNC(c2nc(C3CSc4ccccc4O3)no2)C1. The van der Waals surface area contributed by atoms with Crippen molar-refractivity contribution in [1.82, 2.24) is 15.5 Å². The smallest absolute Gasteiger partial charge is 0.244 e. The molecule has 0 spiro atoms. The molecule has 110 valence electrons. The van der Waals surface area contributed by atoms with Crippen LogP contribution in [-0.2, 0) is 0 Å². The number of β-amino-alcohol motifs (C(OH)–C–C–N with tert-alkyl or cyclic N) is 1. The Hall–Kier alpha value is -1.57. The van der Waals surface area contributed by atoms with Crippen LogP contribution in [-0.4, -0.2) is 33.6 Å². The molecule has 2 N–H and O–H groups in total. The molecule has 0 saturated carbocycles. The summed E-state index contributed by atoms with van der Waals surface area (Å²) < 4.78 is 11.3. The van der Waals surface area contributed by atoms with Crippen LogP contribution in [0.2, 0.25) is 0 Å². The summed E-state index contributed by atoms with van der Waals surface area (Å²) in [5.41, 5.74) is 0. The second kappa shape index (κ2) is 5.32. The molecule has 1 aromatic heterocycles. The van der Waals surface area contributed by atoms with Crippen molar-refractivity contribution in [3.05, 3.63) is 36.0 Å². The van der Waals surface area contributed by atoms with E-state index < -0.39 is 0 Å². The van der Waals surface area contributed by atoms with Crippen LogP contribution in [0.3, 0.4) is 0 Å². The molecule has 6 nitrogen and oxygen atoms in total. The van der Waals surface area contributed by atoms with Crippen LogP contribution in [0.15, 0.2) is 33.7 Å². The number of para-hydroxylation sites is 1. The van der Waals surface area contributed by atoms with E-state index in [1.54, 1.807) is 11.8 Å². The van der Waals surface area contributed by atoms with Crippen molar-refractivity contribution >= 4 is 11.8 Å². The fourth-order valence-electron chi connectivity index (χ4n) is 2.57. The minimum atomic E-state index is -0.348. The molecule has 3 atom stereocenters. The van der Waals surface area contributed by atoms with Gasteiger partial charge in [-0.3, -0.25) is 0 Å². The van der Waals surface area contributed by atoms with E-state index in [4.69, 9.17) is 9.26 Å². The predicted molar refractivity (Wildman–Crippen MR) is 76.2 cm³/mol. The molecule has 0 aliphatic carbocycles. The first-order chi connectivity index (χ1) is 10.3. The van der Waals surface area contributed by atoms with Crippen molar-refractivity contribution in [3.8, 4) is 5.75 Å². The Morgan fingerprint density at radius 1 is 1.33 bits per heavy atom. The fraction of sp³-hybridized carbons (Fsp3) is 0.429. The third kappa shape index (κ3) is 2.52. The molecule has 2 aromatic rings. The maximum absolute atomic E-state index is 9.55. The first kappa shape index (κ1) is 13.1. The zero-order valence-corrected chi connectivity index (χ0v) is 12.0. The van der Waals surface area contributed by atoms with Crippen LogP contribution in [0, 0.1) is 0 Å². The molecule has 2 aliphatic rings. The van der Waals surface area contributed by atoms with E-state index in [2.05, 4.69) is 15.5 Å². The molecule has 3 heterocycles. The monoisotopic (exact) mass is 305 g/mol. The van der Waals surface area contributed by atoms with Gasteiger partial charge in [0.05, 0.1) is 12.1 Å². The highest BCUT2D eigenvalue weighted by Crippen LogP contribution is 2.39. The molecule has 1 aromatic carbocycles. The normalized spacial score (nSPS) is 28.1. The lowest BCUT2D eigenvalue weighted by molar-refractivity contribution is 0.190. The molecule has 0 amide bonds.